The third-order valence-electron chi connectivity index (χ3n) is 2.91. The lowest BCUT2D eigenvalue weighted by atomic mass is 10.2. The molecule has 90 valence electrons. The topological polar surface area (TPSA) is 46.4 Å². The van der Waals surface area contributed by atoms with Crippen LogP contribution >= 0.6 is 0 Å². The molecule has 0 saturated heterocycles. The molecule has 17 heavy (non-hydrogen) atoms. The number of hydrogen-bond acceptors (Lipinski definition) is 2. The van der Waals surface area contributed by atoms with E-state index in [1.54, 1.807) is 0 Å². The Morgan fingerprint density at radius 2 is 2.29 bits per heavy atom. The molecule has 2 aromatic heterocycles. The van der Waals surface area contributed by atoms with E-state index in [0.29, 0.717) is 5.69 Å². The Labute approximate surface area is 101 Å². The van der Waals surface area contributed by atoms with Gasteiger partial charge in [-0.1, -0.05) is 13.0 Å². The van der Waals surface area contributed by atoms with Crippen LogP contribution in [0.5, 0.6) is 0 Å². The molecule has 0 radical (unpaired) electrons. The highest BCUT2D eigenvalue weighted by molar-refractivity contribution is 5.94. The van der Waals surface area contributed by atoms with Crippen LogP contribution in [0.1, 0.15) is 36.5 Å². The average Bonchev–Trinajstić information content (AvgIpc) is 2.64. The van der Waals surface area contributed by atoms with Gasteiger partial charge in [0.15, 0.2) is 0 Å². The van der Waals surface area contributed by atoms with Gasteiger partial charge in [0.25, 0.3) is 5.91 Å². The van der Waals surface area contributed by atoms with Gasteiger partial charge in [0.2, 0.25) is 0 Å². The van der Waals surface area contributed by atoms with Gasteiger partial charge in [-0.2, -0.15) is 0 Å². The zero-order chi connectivity index (χ0) is 12.4. The van der Waals surface area contributed by atoms with Crippen molar-refractivity contribution in [2.24, 2.45) is 0 Å². The van der Waals surface area contributed by atoms with Crippen LogP contribution in [0.3, 0.4) is 0 Å². The van der Waals surface area contributed by atoms with Crippen molar-refractivity contribution in [2.75, 3.05) is 0 Å². The minimum absolute atomic E-state index is 0.0597. The number of nitrogens with one attached hydrogen (secondary N) is 1. The smallest absolute Gasteiger partial charge is 0.270 e. The zero-order valence-electron chi connectivity index (χ0n) is 10.4. The Kier molecular flexibility index (Phi) is 3.13. The molecule has 0 saturated carbocycles. The number of nitrogens with zero attached hydrogens (tertiary/aromatic N) is 2. The van der Waals surface area contributed by atoms with Crippen LogP contribution in [0.15, 0.2) is 24.4 Å². The minimum atomic E-state index is -0.0597. The van der Waals surface area contributed by atoms with Gasteiger partial charge in [0.05, 0.1) is 5.69 Å². The fourth-order valence-electron chi connectivity index (χ4n) is 1.78. The van der Waals surface area contributed by atoms with Crippen LogP contribution < -0.4 is 5.32 Å². The molecule has 1 atom stereocenters. The number of amides is 1. The van der Waals surface area contributed by atoms with Crippen LogP contribution in [-0.2, 0) is 0 Å². The Hall–Kier alpha value is -1.84. The Morgan fingerprint density at radius 3 is 3.00 bits per heavy atom. The second kappa shape index (κ2) is 4.57. The lowest BCUT2D eigenvalue weighted by molar-refractivity contribution is 0.0932. The first-order valence-corrected chi connectivity index (χ1v) is 5.88. The Morgan fingerprint density at radius 1 is 1.53 bits per heavy atom. The highest BCUT2D eigenvalue weighted by Crippen LogP contribution is 2.11. The highest BCUT2D eigenvalue weighted by atomic mass is 16.2. The van der Waals surface area contributed by atoms with E-state index in [4.69, 9.17) is 0 Å². The van der Waals surface area contributed by atoms with Crippen molar-refractivity contribution in [1.82, 2.24) is 14.7 Å². The fraction of sp³-hybridized carbons (Fsp3) is 0.385. The lowest BCUT2D eigenvalue weighted by Gasteiger charge is -2.11. The minimum Gasteiger partial charge on any atom is -0.348 e. The summed E-state index contributed by atoms with van der Waals surface area (Å²) in [6.07, 6.45) is 2.78. The number of pyridine rings is 1. The van der Waals surface area contributed by atoms with E-state index in [1.165, 1.54) is 0 Å². The van der Waals surface area contributed by atoms with Gasteiger partial charge in [-0.15, -0.1) is 0 Å². The van der Waals surface area contributed by atoms with Crippen molar-refractivity contribution < 1.29 is 4.79 Å². The molecule has 4 nitrogen and oxygen atoms in total. The predicted octanol–water partition coefficient (Wildman–Crippen LogP) is 2.17. The molecular weight excluding hydrogens is 214 g/mol. The van der Waals surface area contributed by atoms with Gasteiger partial charge < -0.3 is 5.32 Å². The molecule has 4 heteroatoms. The number of carbonyl (C=O) groups excluding carboxylic acids is 1. The van der Waals surface area contributed by atoms with Gasteiger partial charge >= 0.3 is 0 Å². The van der Waals surface area contributed by atoms with Gasteiger partial charge in [-0.3, -0.25) is 9.20 Å². The van der Waals surface area contributed by atoms with Crippen molar-refractivity contribution in [3.8, 4) is 0 Å². The summed E-state index contributed by atoms with van der Waals surface area (Å²) in [5, 5.41) is 2.97. The molecule has 0 bridgehead atoms. The van der Waals surface area contributed by atoms with Crippen molar-refractivity contribution in [1.29, 1.82) is 0 Å². The van der Waals surface area contributed by atoms with E-state index < -0.39 is 0 Å². The summed E-state index contributed by atoms with van der Waals surface area (Å²) in [7, 11) is 0. The summed E-state index contributed by atoms with van der Waals surface area (Å²) in [5.74, 6) is -0.0597. The number of carbonyl (C=O) groups is 1. The summed E-state index contributed by atoms with van der Waals surface area (Å²) in [6, 6.07) is 5.88. The molecule has 0 fully saturated rings. The van der Waals surface area contributed by atoms with E-state index in [0.717, 1.165) is 17.8 Å². The first-order chi connectivity index (χ1) is 8.13. The maximum atomic E-state index is 12.1. The second-order valence-corrected chi connectivity index (χ2v) is 4.26. The monoisotopic (exact) mass is 231 g/mol. The molecule has 0 aliphatic carbocycles. The van der Waals surface area contributed by atoms with Crippen LogP contribution in [-0.4, -0.2) is 21.3 Å². The van der Waals surface area contributed by atoms with Crippen LogP contribution in [0.2, 0.25) is 0 Å². The SMILES string of the molecule is CCC(C)NC(=O)c1c(C)nc2ccccn12. The summed E-state index contributed by atoms with van der Waals surface area (Å²) >= 11 is 0. The highest BCUT2D eigenvalue weighted by Gasteiger charge is 2.17. The quantitative estimate of drug-likeness (QED) is 0.880. The average molecular weight is 231 g/mol. The zero-order valence-corrected chi connectivity index (χ0v) is 10.4. The molecule has 0 spiro atoms. The predicted molar refractivity (Wildman–Crippen MR) is 67.1 cm³/mol. The number of fused-ring (bicyclic) bond motifs is 1. The first kappa shape index (κ1) is 11.6. The fourth-order valence-corrected chi connectivity index (χ4v) is 1.78. The van der Waals surface area contributed by atoms with Crippen LogP contribution in [0.25, 0.3) is 5.65 Å². The van der Waals surface area contributed by atoms with Crippen molar-refractivity contribution >= 4 is 11.6 Å². The molecule has 2 rings (SSSR count). The van der Waals surface area contributed by atoms with E-state index in [2.05, 4.69) is 10.3 Å². The van der Waals surface area contributed by atoms with Crippen molar-refractivity contribution in [2.45, 2.75) is 33.2 Å². The molecule has 2 heterocycles. The van der Waals surface area contributed by atoms with E-state index in [-0.39, 0.29) is 11.9 Å². The standard InChI is InChI=1S/C13H17N3O/c1-4-9(2)14-13(17)12-10(3)15-11-7-5-6-8-16(11)12/h5-9H,4H2,1-3H3,(H,14,17). The summed E-state index contributed by atoms with van der Waals surface area (Å²) in [4.78, 5) is 16.5. The molecular formula is C13H17N3O. The van der Waals surface area contributed by atoms with Crippen molar-refractivity contribution in [3.05, 3.63) is 35.8 Å². The largest absolute Gasteiger partial charge is 0.348 e. The number of aromatic nitrogens is 2. The van der Waals surface area contributed by atoms with Crippen LogP contribution in [0, 0.1) is 6.92 Å². The summed E-state index contributed by atoms with van der Waals surface area (Å²) < 4.78 is 1.83. The van der Waals surface area contributed by atoms with Gasteiger partial charge in [-0.25, -0.2) is 4.98 Å². The van der Waals surface area contributed by atoms with Gasteiger partial charge in [0, 0.05) is 12.2 Å². The Bertz CT molecular complexity index is 545. The molecule has 2 aromatic rings. The number of hydrogen-bond donors (Lipinski definition) is 1. The lowest BCUT2D eigenvalue weighted by Crippen LogP contribution is -2.33. The first-order valence-electron chi connectivity index (χ1n) is 5.88. The van der Waals surface area contributed by atoms with E-state index in [9.17, 15) is 4.79 Å². The summed E-state index contributed by atoms with van der Waals surface area (Å²) in [6.45, 7) is 5.90. The molecule has 1 unspecified atom stereocenters. The maximum absolute atomic E-state index is 12.1. The van der Waals surface area contributed by atoms with E-state index >= 15 is 0 Å². The number of imidazole rings is 1. The Balaban J connectivity index is 2.41. The molecule has 1 N–H and O–H groups in total. The molecule has 0 aromatic carbocycles. The van der Waals surface area contributed by atoms with Gasteiger partial charge in [-0.05, 0) is 32.4 Å². The summed E-state index contributed by atoms with van der Waals surface area (Å²) in [5.41, 5.74) is 2.19. The second-order valence-electron chi connectivity index (χ2n) is 4.26. The van der Waals surface area contributed by atoms with Gasteiger partial charge in [0.1, 0.15) is 11.3 Å². The molecule has 0 aliphatic heterocycles. The number of aryl methyl sites for hydroxylation is 1. The number of rotatable bonds is 3. The molecule has 0 aliphatic rings. The van der Waals surface area contributed by atoms with Crippen molar-refractivity contribution in [3.63, 3.8) is 0 Å². The maximum Gasteiger partial charge on any atom is 0.270 e. The third kappa shape index (κ3) is 2.16. The third-order valence-corrected chi connectivity index (χ3v) is 2.91. The van der Waals surface area contributed by atoms with E-state index in [1.807, 2.05) is 49.6 Å². The van der Waals surface area contributed by atoms with Crippen LogP contribution in [0.4, 0.5) is 0 Å². The molecule has 1 amide bonds. The normalized spacial score (nSPS) is 12.6.